The van der Waals surface area contributed by atoms with Gasteiger partial charge in [0.2, 0.25) is 5.91 Å². The van der Waals surface area contributed by atoms with Crippen molar-refractivity contribution in [3.63, 3.8) is 0 Å². The van der Waals surface area contributed by atoms with Crippen molar-refractivity contribution in [2.24, 2.45) is 0 Å². The lowest BCUT2D eigenvalue weighted by molar-refractivity contribution is -0.118. The van der Waals surface area contributed by atoms with E-state index in [4.69, 9.17) is 4.55 Å². The second kappa shape index (κ2) is 8.01. The van der Waals surface area contributed by atoms with E-state index in [1.807, 2.05) is 0 Å². The Morgan fingerprint density at radius 1 is 1.23 bits per heavy atom. The monoisotopic (exact) mass is 348 g/mol. The highest BCUT2D eigenvalue weighted by atomic mass is 32.2. The third-order valence-electron chi connectivity index (χ3n) is 2.60. The minimum absolute atomic E-state index is 0.00598. The van der Waals surface area contributed by atoms with Crippen LogP contribution in [-0.4, -0.2) is 47.9 Å². The number of hydrogen-bond donors (Lipinski definition) is 5. The number of benzene rings is 1. The number of rotatable bonds is 7. The molecule has 10 heteroatoms. The van der Waals surface area contributed by atoms with Gasteiger partial charge in [0.05, 0.1) is 11.5 Å². The van der Waals surface area contributed by atoms with Crippen LogP contribution in [0.5, 0.6) is 5.75 Å². The lowest BCUT2D eigenvalue weighted by Crippen LogP contribution is -2.31. The second-order valence-electron chi connectivity index (χ2n) is 4.32. The Kier molecular flexibility index (Phi) is 6.65. The van der Waals surface area contributed by atoms with Gasteiger partial charge in [0, 0.05) is 18.7 Å². The van der Waals surface area contributed by atoms with Gasteiger partial charge in [0.25, 0.3) is 16.0 Å². The minimum atomic E-state index is -4.17. The summed E-state index contributed by atoms with van der Waals surface area (Å²) in [5.41, 5.74) is 0.534. The molecule has 0 heterocycles. The topological polar surface area (TPSA) is 133 Å². The van der Waals surface area contributed by atoms with Crippen LogP contribution in [-0.2, 0) is 21.5 Å². The van der Waals surface area contributed by atoms with Crippen LogP contribution in [0.15, 0.2) is 18.2 Å². The normalized spacial score (nSPS) is 11.0. The summed E-state index contributed by atoms with van der Waals surface area (Å²) < 4.78 is 29.8. The molecular formula is C12H16N2O6S2. The van der Waals surface area contributed by atoms with Crippen molar-refractivity contribution in [2.75, 3.05) is 18.1 Å². The molecule has 0 aliphatic heterocycles. The molecule has 8 nitrogen and oxygen atoms in total. The summed E-state index contributed by atoms with van der Waals surface area (Å²) in [7, 11) is -4.17. The quantitative estimate of drug-likeness (QED) is 0.335. The number of amides is 2. The summed E-state index contributed by atoms with van der Waals surface area (Å²) in [5.74, 6) is -1.73. The number of hydrogen-bond acceptors (Lipinski definition) is 6. The molecule has 122 valence electrons. The van der Waals surface area contributed by atoms with Crippen molar-refractivity contribution in [3.05, 3.63) is 29.3 Å². The van der Waals surface area contributed by atoms with Crippen molar-refractivity contribution in [2.45, 2.75) is 6.54 Å². The fraction of sp³-hybridized carbons (Fsp3) is 0.333. The van der Waals surface area contributed by atoms with Crippen molar-refractivity contribution >= 4 is 34.6 Å². The number of thiol groups is 1. The molecule has 22 heavy (non-hydrogen) atoms. The van der Waals surface area contributed by atoms with E-state index >= 15 is 0 Å². The van der Waals surface area contributed by atoms with Gasteiger partial charge in [-0.3, -0.25) is 14.1 Å². The van der Waals surface area contributed by atoms with Crippen LogP contribution in [0.1, 0.15) is 15.9 Å². The van der Waals surface area contributed by atoms with Crippen LogP contribution in [0.25, 0.3) is 0 Å². The van der Waals surface area contributed by atoms with E-state index in [-0.39, 0.29) is 36.1 Å². The van der Waals surface area contributed by atoms with Crippen LogP contribution >= 0.6 is 12.6 Å². The zero-order valence-corrected chi connectivity index (χ0v) is 13.2. The maximum absolute atomic E-state index is 12.0. The van der Waals surface area contributed by atoms with E-state index in [1.54, 1.807) is 0 Å². The van der Waals surface area contributed by atoms with Crippen molar-refractivity contribution in [1.82, 2.24) is 10.6 Å². The summed E-state index contributed by atoms with van der Waals surface area (Å²) in [6, 6.07) is 4.02. The van der Waals surface area contributed by atoms with Gasteiger partial charge in [0.15, 0.2) is 0 Å². The first kappa shape index (κ1) is 18.3. The SMILES string of the molecule is O=C(CS)NCc1ccc(O)cc1C(=O)NCCS(=O)(=O)O. The number of nitrogens with one attached hydrogen (secondary N) is 2. The molecule has 0 saturated heterocycles. The first-order chi connectivity index (χ1) is 10.2. The second-order valence-corrected chi connectivity index (χ2v) is 6.21. The van der Waals surface area contributed by atoms with E-state index in [1.165, 1.54) is 18.2 Å². The van der Waals surface area contributed by atoms with Crippen molar-refractivity contribution in [1.29, 1.82) is 0 Å². The summed E-state index contributed by atoms with van der Waals surface area (Å²) >= 11 is 3.81. The molecule has 0 aliphatic rings. The highest BCUT2D eigenvalue weighted by Crippen LogP contribution is 2.16. The Morgan fingerprint density at radius 3 is 2.50 bits per heavy atom. The Hall–Kier alpha value is -1.78. The van der Waals surface area contributed by atoms with Gasteiger partial charge in [-0.1, -0.05) is 6.07 Å². The zero-order chi connectivity index (χ0) is 16.8. The standard InChI is InChI=1S/C12H16N2O6S2/c15-9-2-1-8(6-14-11(16)7-21)10(5-9)12(17)13-3-4-22(18,19)20/h1-2,5,15,21H,3-4,6-7H2,(H,13,17)(H,14,16)(H,18,19,20). The maximum atomic E-state index is 12.0. The molecule has 1 aromatic carbocycles. The smallest absolute Gasteiger partial charge is 0.266 e. The first-order valence-corrected chi connectivity index (χ1v) is 8.40. The van der Waals surface area contributed by atoms with E-state index in [0.29, 0.717) is 5.56 Å². The van der Waals surface area contributed by atoms with Gasteiger partial charge in [-0.2, -0.15) is 21.0 Å². The molecule has 0 bridgehead atoms. The van der Waals surface area contributed by atoms with Gasteiger partial charge in [-0.15, -0.1) is 0 Å². The van der Waals surface area contributed by atoms with E-state index < -0.39 is 21.8 Å². The molecule has 0 aliphatic carbocycles. The molecule has 1 aromatic rings. The van der Waals surface area contributed by atoms with Gasteiger partial charge in [-0.25, -0.2) is 0 Å². The van der Waals surface area contributed by atoms with Crippen molar-refractivity contribution in [3.8, 4) is 5.75 Å². The number of aromatic hydroxyl groups is 1. The molecule has 0 atom stereocenters. The summed E-state index contributed by atoms with van der Waals surface area (Å²) in [4.78, 5) is 23.2. The average Bonchev–Trinajstić information content (AvgIpc) is 2.44. The summed E-state index contributed by atoms with van der Waals surface area (Å²) in [6.07, 6.45) is 0. The summed E-state index contributed by atoms with van der Waals surface area (Å²) in [5, 5.41) is 14.3. The van der Waals surface area contributed by atoms with E-state index in [0.717, 1.165) is 0 Å². The van der Waals surface area contributed by atoms with Crippen LogP contribution < -0.4 is 10.6 Å². The predicted octanol–water partition coefficient (Wildman–Crippen LogP) is -0.444. The van der Waals surface area contributed by atoms with Crippen LogP contribution in [0, 0.1) is 0 Å². The fourth-order valence-corrected chi connectivity index (χ4v) is 2.04. The first-order valence-electron chi connectivity index (χ1n) is 6.15. The Bertz CT molecular complexity index is 660. The molecule has 4 N–H and O–H groups in total. The summed E-state index contributed by atoms with van der Waals surface area (Å²) in [6.45, 7) is -0.226. The molecule has 1 rings (SSSR count). The molecule has 2 amide bonds. The molecule has 0 saturated carbocycles. The zero-order valence-electron chi connectivity index (χ0n) is 11.4. The maximum Gasteiger partial charge on any atom is 0.266 e. The van der Waals surface area contributed by atoms with E-state index in [9.17, 15) is 23.1 Å². The lowest BCUT2D eigenvalue weighted by atomic mass is 10.1. The van der Waals surface area contributed by atoms with Crippen LogP contribution in [0.2, 0.25) is 0 Å². The Balaban J connectivity index is 2.80. The van der Waals surface area contributed by atoms with Crippen LogP contribution in [0.3, 0.4) is 0 Å². The lowest BCUT2D eigenvalue weighted by Gasteiger charge is -2.11. The van der Waals surface area contributed by atoms with E-state index in [2.05, 4.69) is 23.3 Å². The number of phenolic OH excluding ortho intramolecular Hbond substituents is 1. The molecular weight excluding hydrogens is 332 g/mol. The number of phenols is 1. The molecule has 0 unspecified atom stereocenters. The highest BCUT2D eigenvalue weighted by molar-refractivity contribution is 7.85. The minimum Gasteiger partial charge on any atom is -0.508 e. The third kappa shape index (κ3) is 6.33. The molecule has 0 aromatic heterocycles. The highest BCUT2D eigenvalue weighted by Gasteiger charge is 2.14. The molecule has 0 radical (unpaired) electrons. The average molecular weight is 348 g/mol. The van der Waals surface area contributed by atoms with Gasteiger partial charge in [0.1, 0.15) is 5.75 Å². The third-order valence-corrected chi connectivity index (χ3v) is 3.61. The Morgan fingerprint density at radius 2 is 1.91 bits per heavy atom. The Labute approximate surface area is 133 Å². The predicted molar refractivity (Wildman–Crippen MR) is 82.6 cm³/mol. The number of carbonyl (C=O) groups is 2. The van der Waals surface area contributed by atoms with Crippen molar-refractivity contribution < 1.29 is 27.7 Å². The largest absolute Gasteiger partial charge is 0.508 e. The van der Waals surface area contributed by atoms with Gasteiger partial charge < -0.3 is 15.7 Å². The van der Waals surface area contributed by atoms with Crippen LogP contribution in [0.4, 0.5) is 0 Å². The fourth-order valence-electron chi connectivity index (χ4n) is 1.57. The van der Waals surface area contributed by atoms with Gasteiger partial charge in [-0.05, 0) is 17.7 Å². The van der Waals surface area contributed by atoms with Gasteiger partial charge >= 0.3 is 0 Å². The molecule has 0 fully saturated rings. The number of carbonyl (C=O) groups excluding carboxylic acids is 2. The molecule has 0 spiro atoms.